The van der Waals surface area contributed by atoms with E-state index < -0.39 is 56.2 Å². The molecule has 3 heterocycles. The van der Waals surface area contributed by atoms with Crippen LogP contribution in [0.1, 0.15) is 52.2 Å². The number of hydrogen-bond acceptors (Lipinski definition) is 13. The summed E-state index contributed by atoms with van der Waals surface area (Å²) in [6, 6.07) is 3.53. The minimum Gasteiger partial charge on any atom is -0.479 e. The molecule has 5 rings (SSSR count). The number of methoxy groups -OCH3 is 1. The summed E-state index contributed by atoms with van der Waals surface area (Å²) in [5.74, 6) is -1.27. The number of anilines is 1. The van der Waals surface area contributed by atoms with E-state index in [0.29, 0.717) is 0 Å². The first-order chi connectivity index (χ1) is 22.0. The topological polar surface area (TPSA) is 231 Å². The fraction of sp³-hybridized carbons (Fsp3) is 0.556. The molecule has 1 saturated carbocycles. The molecule has 1 aromatic carbocycles. The number of carbonyl (C=O) groups excluding carboxylic acids is 1. The highest BCUT2D eigenvalue weighted by atomic mass is 31.2. The third-order valence-corrected chi connectivity index (χ3v) is 9.50. The van der Waals surface area contributed by atoms with E-state index in [4.69, 9.17) is 29.0 Å². The molecular formula is C27H35FN9O8P. The number of hydrogen-bond donors (Lipinski definition) is 3. The fourth-order valence-electron chi connectivity index (χ4n) is 5.44. The molecule has 2 fully saturated rings. The first-order valence-corrected chi connectivity index (χ1v) is 16.1. The van der Waals surface area contributed by atoms with Gasteiger partial charge in [0.05, 0.1) is 26.1 Å². The molecule has 6 atom stereocenters. The van der Waals surface area contributed by atoms with Gasteiger partial charge in [-0.15, -0.1) is 0 Å². The number of imidazole rings is 1. The van der Waals surface area contributed by atoms with Crippen molar-refractivity contribution >= 4 is 30.8 Å². The van der Waals surface area contributed by atoms with E-state index in [2.05, 4.69) is 30.1 Å². The molecule has 2 aromatic heterocycles. The first-order valence-electron chi connectivity index (χ1n) is 14.6. The van der Waals surface area contributed by atoms with Crippen molar-refractivity contribution in [1.82, 2.24) is 24.6 Å². The van der Waals surface area contributed by atoms with Crippen LogP contribution in [-0.2, 0) is 23.4 Å². The van der Waals surface area contributed by atoms with Gasteiger partial charge in [0.15, 0.2) is 17.4 Å². The fourth-order valence-corrected chi connectivity index (χ4v) is 6.94. The lowest BCUT2D eigenvalue weighted by atomic mass is 9.93. The van der Waals surface area contributed by atoms with Crippen LogP contribution in [0, 0.1) is 5.82 Å². The van der Waals surface area contributed by atoms with Gasteiger partial charge in [-0.2, -0.15) is 15.1 Å². The third-order valence-electron chi connectivity index (χ3n) is 7.86. The molecule has 19 heteroatoms. The standard InChI is InChI=1S/C27H35FN9O8P/c1-15(24(39)43-17-7-5-4-6-8-17)34-46(40,45-18-11-9-16(28)10-12-18)42-13-19-21(38)27(2,35-36-30)25(44-19)37-14-31-20-22(37)32-26(29)33-23(20)41-3/h9-12,14-15,17,19,21,25,38H,4-8,13H2,1-3H3,(H,34,40)(H2,29,32,33)/t15-,19+,21+,25+,27+,46?/m0/s1. The first kappa shape index (κ1) is 33.3. The highest BCUT2D eigenvalue weighted by molar-refractivity contribution is 7.52. The van der Waals surface area contributed by atoms with E-state index >= 15 is 0 Å². The van der Waals surface area contributed by atoms with Gasteiger partial charge in [-0.1, -0.05) is 11.5 Å². The Bertz CT molecular complexity index is 1650. The van der Waals surface area contributed by atoms with Gasteiger partial charge in [0.25, 0.3) is 0 Å². The summed E-state index contributed by atoms with van der Waals surface area (Å²) in [5, 5.41) is 17.8. The number of esters is 1. The molecule has 4 N–H and O–H groups in total. The van der Waals surface area contributed by atoms with Crippen LogP contribution in [0.5, 0.6) is 11.6 Å². The second-order valence-electron chi connectivity index (χ2n) is 11.2. The summed E-state index contributed by atoms with van der Waals surface area (Å²) in [5.41, 5.74) is 14.0. The molecule has 3 aromatic rings. The number of halogens is 1. The van der Waals surface area contributed by atoms with E-state index in [1.54, 1.807) is 0 Å². The molecule has 17 nitrogen and oxygen atoms in total. The largest absolute Gasteiger partial charge is 0.479 e. The quantitative estimate of drug-likeness (QED) is 0.0820. The summed E-state index contributed by atoms with van der Waals surface area (Å²) in [6.45, 7) is 2.32. The Kier molecular flexibility index (Phi) is 9.96. The minimum atomic E-state index is -4.43. The molecule has 248 valence electrons. The van der Waals surface area contributed by atoms with E-state index in [9.17, 15) is 24.4 Å². The lowest BCUT2D eigenvalue weighted by Gasteiger charge is -2.28. The van der Waals surface area contributed by atoms with Crippen LogP contribution in [0.2, 0.25) is 0 Å². The second-order valence-corrected chi connectivity index (χ2v) is 12.9. The van der Waals surface area contributed by atoms with E-state index in [-0.39, 0.29) is 34.8 Å². The number of carbonyl (C=O) groups is 1. The van der Waals surface area contributed by atoms with Gasteiger partial charge in [0.2, 0.25) is 11.8 Å². The normalized spacial score (nSPS) is 25.4. The maximum absolute atomic E-state index is 14.1. The van der Waals surface area contributed by atoms with Gasteiger partial charge in [0, 0.05) is 4.91 Å². The molecule has 1 aliphatic heterocycles. The molecule has 1 unspecified atom stereocenters. The second kappa shape index (κ2) is 13.7. The van der Waals surface area contributed by atoms with Crippen molar-refractivity contribution in [1.29, 1.82) is 0 Å². The number of aliphatic hydroxyl groups excluding tert-OH is 1. The summed E-state index contributed by atoms with van der Waals surface area (Å²) in [6.07, 6.45) is 1.53. The smallest absolute Gasteiger partial charge is 0.459 e. The molecule has 0 spiro atoms. The number of aliphatic hydroxyl groups is 1. The van der Waals surface area contributed by atoms with Gasteiger partial charge in [-0.3, -0.25) is 13.9 Å². The molecule has 1 aliphatic carbocycles. The number of benzene rings is 1. The van der Waals surface area contributed by atoms with Crippen molar-refractivity contribution in [2.24, 2.45) is 5.11 Å². The summed E-state index contributed by atoms with van der Waals surface area (Å²) >= 11 is 0. The number of azide groups is 1. The molecule has 46 heavy (non-hydrogen) atoms. The Hall–Kier alpha value is -4.05. The predicted octanol–water partition coefficient (Wildman–Crippen LogP) is 3.94. The number of aromatic nitrogens is 4. The highest BCUT2D eigenvalue weighted by Crippen LogP contribution is 2.48. The average molecular weight is 664 g/mol. The molecule has 0 amide bonds. The zero-order chi connectivity index (χ0) is 33.1. The van der Waals surface area contributed by atoms with Crippen molar-refractivity contribution in [3.8, 4) is 11.6 Å². The Balaban J connectivity index is 1.38. The van der Waals surface area contributed by atoms with Crippen LogP contribution in [0.3, 0.4) is 0 Å². The Morgan fingerprint density at radius 2 is 2.04 bits per heavy atom. The molecular weight excluding hydrogens is 628 g/mol. The van der Waals surface area contributed by atoms with Crippen LogP contribution in [0.15, 0.2) is 35.7 Å². The summed E-state index contributed by atoms with van der Waals surface area (Å²) in [4.78, 5) is 28.3. The van der Waals surface area contributed by atoms with Crippen molar-refractivity contribution in [3.05, 3.63) is 46.9 Å². The van der Waals surface area contributed by atoms with Gasteiger partial charge in [-0.25, -0.2) is 13.9 Å². The van der Waals surface area contributed by atoms with Crippen LogP contribution >= 0.6 is 7.75 Å². The van der Waals surface area contributed by atoms with Crippen molar-refractivity contribution in [2.45, 2.75) is 82.1 Å². The van der Waals surface area contributed by atoms with Crippen molar-refractivity contribution in [3.63, 3.8) is 0 Å². The third kappa shape index (κ3) is 7.02. The monoisotopic (exact) mass is 663 g/mol. The predicted molar refractivity (Wildman–Crippen MR) is 160 cm³/mol. The number of nitrogens with two attached hydrogens (primary N) is 1. The average Bonchev–Trinajstić information content (AvgIpc) is 3.55. The lowest BCUT2D eigenvalue weighted by molar-refractivity contribution is -0.152. The molecule has 0 radical (unpaired) electrons. The van der Waals surface area contributed by atoms with Crippen LogP contribution < -0.4 is 20.1 Å². The number of nitrogen functional groups attached to an aromatic ring is 1. The number of fused-ring (bicyclic) bond motifs is 1. The summed E-state index contributed by atoms with van der Waals surface area (Å²) < 4.78 is 57.3. The van der Waals surface area contributed by atoms with Crippen molar-refractivity contribution < 1.29 is 42.1 Å². The van der Waals surface area contributed by atoms with E-state index in [0.717, 1.165) is 44.2 Å². The number of nitrogens with zero attached hydrogens (tertiary/aromatic N) is 7. The number of nitrogens with one attached hydrogen (secondary N) is 1. The van der Waals surface area contributed by atoms with Crippen LogP contribution in [0.25, 0.3) is 21.6 Å². The van der Waals surface area contributed by atoms with Crippen molar-refractivity contribution in [2.75, 3.05) is 19.5 Å². The van der Waals surface area contributed by atoms with E-state index in [1.807, 2.05) is 0 Å². The van der Waals surface area contributed by atoms with E-state index in [1.165, 1.54) is 44.0 Å². The Morgan fingerprint density at radius 1 is 1.33 bits per heavy atom. The number of ether oxygens (including phenoxy) is 3. The van der Waals surface area contributed by atoms with Gasteiger partial charge >= 0.3 is 13.7 Å². The number of rotatable bonds is 12. The zero-order valence-corrected chi connectivity index (χ0v) is 26.2. The maximum Gasteiger partial charge on any atom is 0.459 e. The molecule has 0 bridgehead atoms. The van der Waals surface area contributed by atoms with Crippen LogP contribution in [0.4, 0.5) is 10.3 Å². The summed E-state index contributed by atoms with van der Waals surface area (Å²) in [7, 11) is -3.05. The Labute approximate surface area is 262 Å². The lowest BCUT2D eigenvalue weighted by Crippen LogP contribution is -2.43. The zero-order valence-electron chi connectivity index (χ0n) is 25.4. The van der Waals surface area contributed by atoms with Gasteiger partial charge in [-0.05, 0) is 69.3 Å². The maximum atomic E-state index is 14.1. The van der Waals surface area contributed by atoms with Crippen LogP contribution in [-0.4, -0.2) is 74.2 Å². The van der Waals surface area contributed by atoms with Gasteiger partial charge < -0.3 is 29.6 Å². The highest BCUT2D eigenvalue weighted by Gasteiger charge is 2.55. The Morgan fingerprint density at radius 3 is 2.72 bits per heavy atom. The molecule has 2 aliphatic rings. The molecule has 1 saturated heterocycles. The SMILES string of the molecule is COc1nc(N)nc2c1ncn2[C@@H]1O[C@H](COP(=O)(N[C@@H](C)C(=O)OC2CCCCC2)Oc2ccc(F)cc2)[C@@H](O)[C@@]1(C)N=[N+]=[N-]. The van der Waals surface area contributed by atoms with Gasteiger partial charge in [0.1, 0.15) is 35.4 Å². The minimum absolute atomic E-state index is 0.0223.